The van der Waals surface area contributed by atoms with Crippen LogP contribution >= 0.6 is 0 Å². The molecule has 0 aliphatic carbocycles. The maximum absolute atomic E-state index is 12.5. The second-order valence-corrected chi connectivity index (χ2v) is 3.98. The van der Waals surface area contributed by atoms with Crippen molar-refractivity contribution in [3.05, 3.63) is 0 Å². The monoisotopic (exact) mass is 334 g/mol. The highest BCUT2D eigenvalue weighted by Gasteiger charge is 2.63. The Kier molecular flexibility index (Phi) is 7.74. The van der Waals surface area contributed by atoms with E-state index in [2.05, 4.69) is 10.1 Å². The molecule has 0 aliphatic heterocycles. The van der Waals surface area contributed by atoms with Crippen LogP contribution in [0.25, 0.3) is 0 Å². The van der Waals surface area contributed by atoms with Crippen LogP contribution in [-0.2, 0) is 19.1 Å². The molecule has 0 rings (SSSR count). The van der Waals surface area contributed by atoms with E-state index in [-0.39, 0.29) is 19.6 Å². The van der Waals surface area contributed by atoms with Gasteiger partial charge in [-0.05, 0) is 6.92 Å². The van der Waals surface area contributed by atoms with Crippen molar-refractivity contribution in [3.63, 3.8) is 0 Å². The van der Waals surface area contributed by atoms with E-state index in [1.807, 2.05) is 0 Å². The van der Waals surface area contributed by atoms with Gasteiger partial charge in [-0.25, -0.2) is 0 Å². The lowest BCUT2D eigenvalue weighted by atomic mass is 10.3. The van der Waals surface area contributed by atoms with Crippen LogP contribution in [0, 0.1) is 0 Å². The van der Waals surface area contributed by atoms with Gasteiger partial charge in [-0.1, -0.05) is 0 Å². The molecule has 2 N–H and O–H groups in total. The summed E-state index contributed by atoms with van der Waals surface area (Å²) in [6.45, 7) is 0.988. The van der Waals surface area contributed by atoms with E-state index in [1.54, 1.807) is 6.92 Å². The number of carbonyl (C=O) groups is 3. The van der Waals surface area contributed by atoms with Crippen LogP contribution in [0.2, 0.25) is 0 Å². The number of nitrogens with one attached hydrogen (secondary N) is 2. The summed E-state index contributed by atoms with van der Waals surface area (Å²) >= 11 is 0. The first-order chi connectivity index (χ1) is 10.0. The third-order valence-corrected chi connectivity index (χ3v) is 2.24. The van der Waals surface area contributed by atoms with Crippen molar-refractivity contribution in [3.8, 4) is 0 Å². The molecule has 0 aromatic rings. The average Bonchev–Trinajstić information content (AvgIpc) is 2.37. The number of carbonyl (C=O) groups excluding carboxylic acids is 3. The Morgan fingerprint density at radius 2 is 1.50 bits per heavy atom. The van der Waals surface area contributed by atoms with Gasteiger partial charge in [-0.2, -0.15) is 22.0 Å². The lowest BCUT2D eigenvalue weighted by Crippen LogP contribution is -2.50. The molecule has 128 valence electrons. The molecule has 0 bridgehead atoms. The van der Waals surface area contributed by atoms with E-state index in [9.17, 15) is 36.3 Å². The summed E-state index contributed by atoms with van der Waals surface area (Å²) in [6.07, 6.45) is -6.63. The maximum Gasteiger partial charge on any atom is 0.463 e. The zero-order valence-corrected chi connectivity index (χ0v) is 11.6. The minimum absolute atomic E-state index is 0.0790. The number of esters is 1. The highest BCUT2D eigenvalue weighted by molar-refractivity contribution is 5.85. The summed E-state index contributed by atoms with van der Waals surface area (Å²) in [5, 5.41) is 3.53. The molecule has 0 radical (unpaired) electrons. The smallest absolute Gasteiger partial charge is 0.463 e. The molecule has 22 heavy (non-hydrogen) atoms. The van der Waals surface area contributed by atoms with E-state index in [0.29, 0.717) is 0 Å². The van der Waals surface area contributed by atoms with Gasteiger partial charge in [0, 0.05) is 19.5 Å². The van der Waals surface area contributed by atoms with Gasteiger partial charge in [0.2, 0.25) is 5.91 Å². The van der Waals surface area contributed by atoms with E-state index in [0.717, 1.165) is 0 Å². The van der Waals surface area contributed by atoms with Crippen LogP contribution in [0.3, 0.4) is 0 Å². The molecule has 0 spiro atoms. The molecule has 6 nitrogen and oxygen atoms in total. The molecular weight excluding hydrogens is 319 g/mol. The van der Waals surface area contributed by atoms with Crippen LogP contribution in [0.5, 0.6) is 0 Å². The minimum atomic E-state index is -6.00. The zero-order chi connectivity index (χ0) is 17.4. The second kappa shape index (κ2) is 8.49. The Morgan fingerprint density at radius 3 is 2.00 bits per heavy atom. The van der Waals surface area contributed by atoms with Gasteiger partial charge in [0.1, 0.15) is 0 Å². The lowest BCUT2D eigenvalue weighted by Gasteiger charge is -2.18. The van der Waals surface area contributed by atoms with Gasteiger partial charge in [-0.15, -0.1) is 0 Å². The van der Waals surface area contributed by atoms with Crippen LogP contribution in [0.15, 0.2) is 0 Å². The maximum atomic E-state index is 12.5. The third-order valence-electron chi connectivity index (χ3n) is 2.24. The van der Waals surface area contributed by atoms with Crippen molar-refractivity contribution in [2.75, 3.05) is 19.7 Å². The van der Waals surface area contributed by atoms with Crippen molar-refractivity contribution in [1.29, 1.82) is 0 Å². The molecule has 11 heteroatoms. The fraction of sp³-hybridized carbons (Fsp3) is 0.727. The third kappa shape index (κ3) is 6.68. The number of hydrogen-bond acceptors (Lipinski definition) is 4. The quantitative estimate of drug-likeness (QED) is 0.507. The minimum Gasteiger partial charge on any atom is -0.466 e. The highest BCUT2D eigenvalue weighted by Crippen LogP contribution is 2.35. The fourth-order valence-electron chi connectivity index (χ4n) is 1.15. The predicted molar refractivity (Wildman–Crippen MR) is 62.9 cm³/mol. The van der Waals surface area contributed by atoms with E-state index >= 15 is 0 Å². The van der Waals surface area contributed by atoms with Gasteiger partial charge < -0.3 is 15.4 Å². The summed E-state index contributed by atoms with van der Waals surface area (Å²) in [7, 11) is 0. The largest absolute Gasteiger partial charge is 0.466 e. The average molecular weight is 334 g/mol. The van der Waals surface area contributed by atoms with Gasteiger partial charge in [-0.3, -0.25) is 14.4 Å². The Morgan fingerprint density at radius 1 is 0.955 bits per heavy atom. The number of halogens is 5. The van der Waals surface area contributed by atoms with Crippen molar-refractivity contribution < 1.29 is 41.1 Å². The van der Waals surface area contributed by atoms with Crippen LogP contribution in [-0.4, -0.2) is 49.6 Å². The van der Waals surface area contributed by atoms with Crippen molar-refractivity contribution in [2.45, 2.75) is 31.9 Å². The number of ether oxygens (including phenoxy) is 1. The molecule has 2 amide bonds. The summed E-state index contributed by atoms with van der Waals surface area (Å²) in [4.78, 5) is 32.8. The van der Waals surface area contributed by atoms with Crippen molar-refractivity contribution in [2.24, 2.45) is 0 Å². The second-order valence-electron chi connectivity index (χ2n) is 3.98. The van der Waals surface area contributed by atoms with Crippen LogP contribution < -0.4 is 10.6 Å². The van der Waals surface area contributed by atoms with Crippen molar-refractivity contribution in [1.82, 2.24) is 10.6 Å². The summed E-state index contributed by atoms with van der Waals surface area (Å²) < 4.78 is 65.1. The number of alkyl halides is 5. The summed E-state index contributed by atoms with van der Waals surface area (Å²) in [5.41, 5.74) is 0. The van der Waals surface area contributed by atoms with Gasteiger partial charge in [0.25, 0.3) is 5.91 Å². The first kappa shape index (κ1) is 20.1. The standard InChI is InChI=1S/C11H15F5N2O4/c1-2-22-8(20)4-6-17-7(19)3-5-18-9(21)10(12,13)11(14,15)16/h2-6H2,1H3,(H,17,19)(H,18,21). The van der Waals surface area contributed by atoms with E-state index in [1.165, 1.54) is 5.32 Å². The highest BCUT2D eigenvalue weighted by atomic mass is 19.4. The Balaban J connectivity index is 3.99. The normalized spacial score (nSPS) is 11.7. The van der Waals surface area contributed by atoms with Gasteiger partial charge >= 0.3 is 18.1 Å². The number of amides is 2. The number of hydrogen-bond donors (Lipinski definition) is 2. The Bertz CT molecular complexity index is 412. The molecule has 0 unspecified atom stereocenters. The van der Waals surface area contributed by atoms with Gasteiger partial charge in [0.15, 0.2) is 0 Å². The molecule has 0 atom stereocenters. The molecule has 0 fully saturated rings. The molecular formula is C11H15F5N2O4. The zero-order valence-electron chi connectivity index (χ0n) is 11.6. The molecule has 0 aliphatic rings. The van der Waals surface area contributed by atoms with E-state index in [4.69, 9.17) is 0 Å². The topological polar surface area (TPSA) is 84.5 Å². The van der Waals surface area contributed by atoms with E-state index < -0.39 is 42.8 Å². The molecule has 0 aromatic heterocycles. The fourth-order valence-corrected chi connectivity index (χ4v) is 1.15. The Hall–Kier alpha value is -1.94. The van der Waals surface area contributed by atoms with Crippen LogP contribution in [0.1, 0.15) is 19.8 Å². The molecule has 0 saturated carbocycles. The predicted octanol–water partition coefficient (Wildman–Crippen LogP) is 0.760. The summed E-state index contributed by atoms with van der Waals surface area (Å²) in [6, 6.07) is 0. The Labute approximate surface area is 122 Å². The van der Waals surface area contributed by atoms with Gasteiger partial charge in [0.05, 0.1) is 13.0 Å². The first-order valence-corrected chi connectivity index (χ1v) is 6.17. The summed E-state index contributed by atoms with van der Waals surface area (Å²) in [5.74, 6) is -9.33. The first-order valence-electron chi connectivity index (χ1n) is 6.17. The lowest BCUT2D eigenvalue weighted by molar-refractivity contribution is -0.269. The van der Waals surface area contributed by atoms with Crippen molar-refractivity contribution >= 4 is 17.8 Å². The molecule has 0 heterocycles. The van der Waals surface area contributed by atoms with Crippen LogP contribution in [0.4, 0.5) is 22.0 Å². The molecule has 0 aromatic carbocycles. The SMILES string of the molecule is CCOC(=O)CCNC(=O)CCNC(=O)C(F)(F)C(F)(F)F. The number of rotatable bonds is 8. The molecule has 0 saturated heterocycles.